The molecule has 4 nitrogen and oxygen atoms in total. The van der Waals surface area contributed by atoms with E-state index in [0.29, 0.717) is 6.61 Å². The van der Waals surface area contributed by atoms with Gasteiger partial charge in [-0.1, -0.05) is 78.9 Å². The standard InChI is InChI=1S/C13H11BO2.C12H10O.BHO/c15-14-11-6-2-1-5-10(11)9-16-13-8-4-3-7-12(13)14;1-3-7-11(8-4-1)13-12-9-5-2-6-10-12;1-2/h1-8,15H,9H2;1-10H;2H. The van der Waals surface area contributed by atoms with Gasteiger partial charge < -0.3 is 19.5 Å². The Labute approximate surface area is 184 Å². The van der Waals surface area contributed by atoms with Gasteiger partial charge in [0.1, 0.15) is 23.9 Å². The van der Waals surface area contributed by atoms with E-state index in [1.165, 1.54) is 0 Å². The van der Waals surface area contributed by atoms with Crippen LogP contribution >= 0.6 is 0 Å². The highest BCUT2D eigenvalue weighted by atomic mass is 16.5. The Balaban J connectivity index is 0.000000166. The van der Waals surface area contributed by atoms with Crippen LogP contribution in [-0.4, -0.2) is 25.0 Å². The van der Waals surface area contributed by atoms with Gasteiger partial charge in [0.25, 0.3) is 8.05 Å². The molecule has 1 aliphatic rings. The molecule has 0 spiro atoms. The minimum absolute atomic E-state index is 0.518. The van der Waals surface area contributed by atoms with Crippen LogP contribution in [-0.2, 0) is 6.61 Å². The highest BCUT2D eigenvalue weighted by molar-refractivity contribution is 6.80. The monoisotopic (exact) mass is 408 g/mol. The fourth-order valence-corrected chi connectivity index (χ4v) is 3.21. The van der Waals surface area contributed by atoms with Gasteiger partial charge in [-0.3, -0.25) is 0 Å². The summed E-state index contributed by atoms with van der Waals surface area (Å²) in [5.74, 6) is 2.51. The average molecular weight is 408 g/mol. The molecular formula is C25H22B2O4. The maximum atomic E-state index is 10.3. The molecular weight excluding hydrogens is 386 g/mol. The van der Waals surface area contributed by atoms with Gasteiger partial charge in [-0.2, -0.15) is 0 Å². The Bertz CT molecular complexity index is 974. The molecule has 4 aromatic rings. The minimum Gasteiger partial charge on any atom is -0.489 e. The molecule has 0 saturated heterocycles. The van der Waals surface area contributed by atoms with Crippen LogP contribution < -0.4 is 20.4 Å². The second kappa shape index (κ2) is 11.6. The van der Waals surface area contributed by atoms with E-state index >= 15 is 0 Å². The quantitative estimate of drug-likeness (QED) is 0.501. The lowest BCUT2D eigenvalue weighted by molar-refractivity contribution is 0.310. The predicted octanol–water partition coefficient (Wildman–Crippen LogP) is 3.22. The van der Waals surface area contributed by atoms with Crippen molar-refractivity contribution >= 4 is 25.9 Å². The summed E-state index contributed by atoms with van der Waals surface area (Å²) < 4.78 is 11.3. The van der Waals surface area contributed by atoms with Crippen LogP contribution in [0.1, 0.15) is 5.56 Å². The summed E-state index contributed by atoms with van der Waals surface area (Å²) in [7, 11) is 3.50. The van der Waals surface area contributed by atoms with Crippen molar-refractivity contribution < 1.29 is 19.5 Å². The molecule has 0 aromatic heterocycles. The van der Waals surface area contributed by atoms with Crippen LogP contribution in [0.5, 0.6) is 17.2 Å². The average Bonchev–Trinajstić information content (AvgIpc) is 2.99. The Morgan fingerprint density at radius 2 is 1.13 bits per heavy atom. The van der Waals surface area contributed by atoms with Crippen molar-refractivity contribution in [2.75, 3.05) is 0 Å². The molecule has 4 aromatic carbocycles. The smallest absolute Gasteiger partial charge is 0.363 e. The van der Waals surface area contributed by atoms with Crippen molar-refractivity contribution in [3.05, 3.63) is 115 Å². The Kier molecular flexibility index (Phi) is 8.35. The van der Waals surface area contributed by atoms with E-state index in [1.807, 2.05) is 109 Å². The molecule has 0 amide bonds. The Morgan fingerprint density at radius 1 is 0.645 bits per heavy atom. The van der Waals surface area contributed by atoms with E-state index in [9.17, 15) is 5.02 Å². The third-order valence-corrected chi connectivity index (χ3v) is 4.67. The zero-order valence-corrected chi connectivity index (χ0v) is 17.0. The molecule has 0 bridgehead atoms. The molecule has 152 valence electrons. The van der Waals surface area contributed by atoms with Crippen LogP contribution in [0.15, 0.2) is 109 Å². The zero-order chi connectivity index (χ0) is 21.9. The molecule has 0 saturated carbocycles. The number of rotatable bonds is 2. The first kappa shape index (κ1) is 22.2. The van der Waals surface area contributed by atoms with Crippen LogP contribution in [0.2, 0.25) is 0 Å². The van der Waals surface area contributed by atoms with E-state index in [4.69, 9.17) is 14.5 Å². The van der Waals surface area contributed by atoms with Gasteiger partial charge >= 0.3 is 6.92 Å². The minimum atomic E-state index is -0.588. The summed E-state index contributed by atoms with van der Waals surface area (Å²) in [5.41, 5.74) is 2.83. The normalized spacial score (nSPS) is 11.1. The lowest BCUT2D eigenvalue weighted by Gasteiger charge is -2.08. The summed E-state index contributed by atoms with van der Waals surface area (Å²) in [6, 6.07) is 35.0. The maximum Gasteiger partial charge on any atom is 0.363 e. The highest BCUT2D eigenvalue weighted by Crippen LogP contribution is 2.19. The Morgan fingerprint density at radius 3 is 1.74 bits per heavy atom. The van der Waals surface area contributed by atoms with Gasteiger partial charge in [-0.25, -0.2) is 0 Å². The molecule has 1 heterocycles. The van der Waals surface area contributed by atoms with Gasteiger partial charge in [0.05, 0.1) is 0 Å². The van der Waals surface area contributed by atoms with Gasteiger partial charge in [0.15, 0.2) is 0 Å². The largest absolute Gasteiger partial charge is 0.489 e. The molecule has 0 fully saturated rings. The first-order valence-electron chi connectivity index (χ1n) is 9.82. The second-order valence-electron chi connectivity index (χ2n) is 6.66. The van der Waals surface area contributed by atoms with Crippen molar-refractivity contribution in [2.45, 2.75) is 6.61 Å². The van der Waals surface area contributed by atoms with Gasteiger partial charge in [-0.15, -0.1) is 0 Å². The molecule has 6 heteroatoms. The van der Waals surface area contributed by atoms with Gasteiger partial charge in [0.2, 0.25) is 0 Å². The van der Waals surface area contributed by atoms with E-state index in [1.54, 1.807) is 0 Å². The fraction of sp³-hybridized carbons (Fsp3) is 0.0400. The van der Waals surface area contributed by atoms with Crippen molar-refractivity contribution in [3.63, 3.8) is 0 Å². The first-order chi connectivity index (χ1) is 15.3. The number of hydrogen-bond acceptors (Lipinski definition) is 4. The van der Waals surface area contributed by atoms with Crippen LogP contribution in [0.3, 0.4) is 0 Å². The lowest BCUT2D eigenvalue weighted by atomic mass is 9.55. The molecule has 31 heavy (non-hydrogen) atoms. The summed E-state index contributed by atoms with van der Waals surface area (Å²) in [4.78, 5) is 0. The van der Waals surface area contributed by atoms with Gasteiger partial charge in [-0.05, 0) is 46.8 Å². The molecule has 2 radical (unpaired) electrons. The third-order valence-electron chi connectivity index (χ3n) is 4.67. The summed E-state index contributed by atoms with van der Waals surface area (Å²) >= 11 is 0. The number of fused-ring (bicyclic) bond motifs is 2. The van der Waals surface area contributed by atoms with Gasteiger partial charge in [0, 0.05) is 0 Å². The van der Waals surface area contributed by atoms with Crippen molar-refractivity contribution in [2.24, 2.45) is 0 Å². The summed E-state index contributed by atoms with van der Waals surface area (Å²) in [6.45, 7) is -0.0700. The number of benzene rings is 4. The predicted molar refractivity (Wildman–Crippen MR) is 125 cm³/mol. The molecule has 2 N–H and O–H groups in total. The number of ether oxygens (including phenoxy) is 2. The van der Waals surface area contributed by atoms with E-state index in [0.717, 1.165) is 33.7 Å². The molecule has 5 rings (SSSR count). The molecule has 0 unspecified atom stereocenters. The van der Waals surface area contributed by atoms with E-state index < -0.39 is 6.92 Å². The maximum absolute atomic E-state index is 10.3. The van der Waals surface area contributed by atoms with E-state index in [2.05, 4.69) is 8.05 Å². The van der Waals surface area contributed by atoms with E-state index in [-0.39, 0.29) is 0 Å². The molecule has 1 aliphatic heterocycles. The second-order valence-corrected chi connectivity index (χ2v) is 6.66. The first-order valence-corrected chi connectivity index (χ1v) is 9.82. The topological polar surface area (TPSA) is 58.9 Å². The molecule has 0 atom stereocenters. The summed E-state index contributed by atoms with van der Waals surface area (Å²) in [6.07, 6.45) is 0. The van der Waals surface area contributed by atoms with Crippen molar-refractivity contribution in [1.29, 1.82) is 0 Å². The van der Waals surface area contributed by atoms with Crippen LogP contribution in [0.4, 0.5) is 0 Å². The SMILES string of the molecule is OB1c2ccccc2COc2ccccc21.[B]O.c1ccc(Oc2ccccc2)cc1. The summed E-state index contributed by atoms with van der Waals surface area (Å²) in [5, 5.41) is 16.8. The Hall–Kier alpha value is -3.47. The zero-order valence-electron chi connectivity index (χ0n) is 17.0. The number of hydrogen-bond donors (Lipinski definition) is 2. The molecule has 0 aliphatic carbocycles. The number of para-hydroxylation sites is 3. The van der Waals surface area contributed by atoms with Crippen LogP contribution in [0.25, 0.3) is 0 Å². The highest BCUT2D eigenvalue weighted by Gasteiger charge is 2.26. The fourth-order valence-electron chi connectivity index (χ4n) is 3.21. The lowest BCUT2D eigenvalue weighted by Crippen LogP contribution is -2.42. The third kappa shape index (κ3) is 6.01. The van der Waals surface area contributed by atoms with Crippen molar-refractivity contribution in [3.8, 4) is 17.2 Å². The van der Waals surface area contributed by atoms with Crippen LogP contribution in [0, 0.1) is 0 Å². The van der Waals surface area contributed by atoms with Crippen molar-refractivity contribution in [1.82, 2.24) is 0 Å².